The Balaban J connectivity index is 1.36. The summed E-state index contributed by atoms with van der Waals surface area (Å²) in [7, 11) is 1.25. The normalized spacial score (nSPS) is 20.0. The van der Waals surface area contributed by atoms with Gasteiger partial charge in [0.25, 0.3) is 17.8 Å². The van der Waals surface area contributed by atoms with Crippen molar-refractivity contribution >= 4 is 52.2 Å². The number of hydrogen-bond donors (Lipinski definition) is 3. The fourth-order valence-electron chi connectivity index (χ4n) is 3.98. The SMILES string of the molecule is CO/N=C(/C(=O)NC1C(=O)N2C(C(=O)O)=C(C[n+]3ccc4occc4c3)CSC12)c1coc(N)n1. The van der Waals surface area contributed by atoms with Gasteiger partial charge in [0, 0.05) is 17.4 Å². The van der Waals surface area contributed by atoms with E-state index in [2.05, 4.69) is 15.5 Å². The topological polar surface area (TPSA) is 177 Å². The van der Waals surface area contributed by atoms with Crippen LogP contribution in [0.3, 0.4) is 0 Å². The predicted molar refractivity (Wildman–Crippen MR) is 121 cm³/mol. The van der Waals surface area contributed by atoms with E-state index in [9.17, 15) is 19.5 Å². The minimum absolute atomic E-state index is 0.0294. The molecular weight excluding hydrogens is 480 g/mol. The van der Waals surface area contributed by atoms with Crippen LogP contribution < -0.4 is 15.6 Å². The highest BCUT2D eigenvalue weighted by molar-refractivity contribution is 8.00. The lowest BCUT2D eigenvalue weighted by atomic mass is 10.0. The number of fused-ring (bicyclic) bond motifs is 2. The van der Waals surface area contributed by atoms with Crippen molar-refractivity contribution in [3.63, 3.8) is 0 Å². The molecule has 0 radical (unpaired) electrons. The molecular formula is C21H19N6O7S+. The number of hydrogen-bond acceptors (Lipinski definition) is 10. The van der Waals surface area contributed by atoms with Crippen molar-refractivity contribution in [3.05, 3.63) is 54.0 Å². The second-order valence-electron chi connectivity index (χ2n) is 7.67. The van der Waals surface area contributed by atoms with E-state index in [4.69, 9.17) is 19.4 Å². The number of carboxylic acids is 1. The number of anilines is 1. The van der Waals surface area contributed by atoms with E-state index in [1.807, 2.05) is 16.8 Å². The van der Waals surface area contributed by atoms with Crippen LogP contribution in [0, 0.1) is 0 Å². The van der Waals surface area contributed by atoms with Crippen molar-refractivity contribution in [2.75, 3.05) is 18.6 Å². The standard InChI is InChI=1S/C21H18N6O7S/c1-32-25-14(12-8-34-21(22)23-12)17(28)24-15-18(29)27-16(20(30)31)11(9-35-19(15)27)7-26-4-2-13-10(6-26)3-5-33-13/h2-6,8,15,19H,7,9H2,1H3,(H3-,22,23,24,28,30,31)/p+1/b25-14+. The molecule has 5 heterocycles. The van der Waals surface area contributed by atoms with Gasteiger partial charge in [-0.05, 0) is 6.07 Å². The van der Waals surface area contributed by atoms with Gasteiger partial charge in [0.05, 0.1) is 11.6 Å². The van der Waals surface area contributed by atoms with Crippen molar-refractivity contribution in [1.82, 2.24) is 15.2 Å². The minimum Gasteiger partial charge on any atom is -0.477 e. The van der Waals surface area contributed by atoms with Gasteiger partial charge in [0.2, 0.25) is 0 Å². The lowest BCUT2D eigenvalue weighted by Gasteiger charge is -2.49. The van der Waals surface area contributed by atoms with Gasteiger partial charge in [-0.3, -0.25) is 14.5 Å². The van der Waals surface area contributed by atoms with E-state index in [1.54, 1.807) is 18.5 Å². The Labute approximate surface area is 201 Å². The second kappa shape index (κ2) is 8.79. The molecule has 180 valence electrons. The number of aliphatic carboxylic acids is 1. The van der Waals surface area contributed by atoms with Gasteiger partial charge in [0.15, 0.2) is 24.7 Å². The number of oxime groups is 1. The molecule has 3 aromatic heterocycles. The number of thioether (sulfide) groups is 1. The average molecular weight is 499 g/mol. The summed E-state index contributed by atoms with van der Waals surface area (Å²) in [6, 6.07) is 2.48. The Kier molecular flexibility index (Phi) is 5.64. The van der Waals surface area contributed by atoms with Gasteiger partial charge in [-0.2, -0.15) is 4.98 Å². The van der Waals surface area contributed by atoms with E-state index in [-0.39, 0.29) is 29.7 Å². The molecule has 2 amide bonds. The number of rotatable bonds is 7. The van der Waals surface area contributed by atoms with Gasteiger partial charge >= 0.3 is 5.97 Å². The smallest absolute Gasteiger partial charge is 0.352 e. The zero-order valence-electron chi connectivity index (χ0n) is 18.2. The maximum atomic E-state index is 13.0. The number of furan rings is 1. The number of aromatic nitrogens is 2. The number of amides is 2. The van der Waals surface area contributed by atoms with Gasteiger partial charge in [-0.15, -0.1) is 11.8 Å². The molecule has 2 atom stereocenters. The first-order valence-electron chi connectivity index (χ1n) is 10.3. The number of nitrogen functional groups attached to an aromatic ring is 1. The van der Waals surface area contributed by atoms with Crippen LogP contribution >= 0.6 is 11.8 Å². The van der Waals surface area contributed by atoms with E-state index in [1.165, 1.54) is 23.8 Å². The summed E-state index contributed by atoms with van der Waals surface area (Å²) >= 11 is 1.36. The molecule has 5 rings (SSSR count). The number of nitrogens with one attached hydrogen (secondary N) is 1. The van der Waals surface area contributed by atoms with Crippen LogP contribution in [0.1, 0.15) is 5.69 Å². The Morgan fingerprint density at radius 1 is 1.43 bits per heavy atom. The molecule has 0 aliphatic carbocycles. The molecule has 0 spiro atoms. The third kappa shape index (κ3) is 3.97. The van der Waals surface area contributed by atoms with Crippen LogP contribution in [0.2, 0.25) is 0 Å². The zero-order chi connectivity index (χ0) is 24.7. The maximum Gasteiger partial charge on any atom is 0.352 e. The fourth-order valence-corrected chi connectivity index (χ4v) is 5.32. The number of nitrogens with zero attached hydrogens (tertiary/aromatic N) is 4. The molecule has 1 fully saturated rings. The summed E-state index contributed by atoms with van der Waals surface area (Å²) in [4.78, 5) is 47.7. The molecule has 3 aromatic rings. The quantitative estimate of drug-likeness (QED) is 0.175. The third-order valence-electron chi connectivity index (χ3n) is 5.52. The van der Waals surface area contributed by atoms with Crippen molar-refractivity contribution < 1.29 is 37.7 Å². The van der Waals surface area contributed by atoms with Crippen LogP contribution in [0.5, 0.6) is 0 Å². The molecule has 0 saturated carbocycles. The minimum atomic E-state index is -1.21. The molecule has 1 saturated heterocycles. The molecule has 0 aromatic carbocycles. The summed E-state index contributed by atoms with van der Waals surface area (Å²) in [5.74, 6) is -2.14. The van der Waals surface area contributed by atoms with Crippen molar-refractivity contribution in [3.8, 4) is 0 Å². The highest BCUT2D eigenvalue weighted by Crippen LogP contribution is 2.40. The number of β-lactam (4-membered cyclic amide) rings is 1. The lowest BCUT2D eigenvalue weighted by molar-refractivity contribution is -0.687. The van der Waals surface area contributed by atoms with Crippen LogP contribution in [0.4, 0.5) is 6.01 Å². The van der Waals surface area contributed by atoms with E-state index in [0.717, 1.165) is 11.6 Å². The molecule has 2 aliphatic rings. The number of carboxylic acid groups (broad SMARTS) is 1. The van der Waals surface area contributed by atoms with Crippen LogP contribution in [-0.2, 0) is 25.8 Å². The second-order valence-corrected chi connectivity index (χ2v) is 8.77. The molecule has 4 N–H and O–H groups in total. The molecule has 0 bridgehead atoms. The highest BCUT2D eigenvalue weighted by atomic mass is 32.2. The van der Waals surface area contributed by atoms with E-state index >= 15 is 0 Å². The number of pyridine rings is 1. The number of oxazole rings is 1. The highest BCUT2D eigenvalue weighted by Gasteiger charge is 2.54. The predicted octanol–water partition coefficient (Wildman–Crippen LogP) is 0.0798. The molecule has 2 aliphatic heterocycles. The third-order valence-corrected chi connectivity index (χ3v) is 6.86. The molecule has 14 heteroatoms. The largest absolute Gasteiger partial charge is 0.477 e. The van der Waals surface area contributed by atoms with Crippen LogP contribution in [0.25, 0.3) is 11.0 Å². The van der Waals surface area contributed by atoms with Crippen molar-refractivity contribution in [2.45, 2.75) is 18.0 Å². The first kappa shape index (κ1) is 22.5. The van der Waals surface area contributed by atoms with Crippen LogP contribution in [0.15, 0.2) is 62.3 Å². The number of nitrogens with two attached hydrogens (primary N) is 1. The van der Waals surface area contributed by atoms with E-state index in [0.29, 0.717) is 16.9 Å². The average Bonchev–Trinajstić information content (AvgIpc) is 3.48. The van der Waals surface area contributed by atoms with Gasteiger partial charge < -0.3 is 29.8 Å². The van der Waals surface area contributed by atoms with Gasteiger partial charge in [-0.1, -0.05) is 5.16 Å². The Morgan fingerprint density at radius 2 is 2.26 bits per heavy atom. The first-order chi connectivity index (χ1) is 16.9. The maximum absolute atomic E-state index is 13.0. The molecule has 13 nitrogen and oxygen atoms in total. The Hall–Kier alpha value is -4.33. The van der Waals surface area contributed by atoms with E-state index < -0.39 is 29.2 Å². The Bertz CT molecular complexity index is 1410. The molecule has 2 unspecified atom stereocenters. The van der Waals surface area contributed by atoms with Crippen molar-refractivity contribution in [2.24, 2.45) is 5.16 Å². The van der Waals surface area contributed by atoms with Crippen LogP contribution in [-0.4, -0.2) is 62.8 Å². The van der Waals surface area contributed by atoms with Gasteiger partial charge in [-0.25, -0.2) is 9.36 Å². The number of carbonyl (C=O) groups is 3. The zero-order valence-corrected chi connectivity index (χ0v) is 19.0. The monoisotopic (exact) mass is 499 g/mol. The van der Waals surface area contributed by atoms with Gasteiger partial charge in [0.1, 0.15) is 41.8 Å². The number of carbonyl (C=O) groups excluding carboxylic acids is 2. The first-order valence-corrected chi connectivity index (χ1v) is 11.3. The summed E-state index contributed by atoms with van der Waals surface area (Å²) in [5, 5.41) is 16.4. The molecule has 35 heavy (non-hydrogen) atoms. The fraction of sp³-hybridized carbons (Fsp3) is 0.238. The summed E-state index contributed by atoms with van der Waals surface area (Å²) in [6.07, 6.45) is 6.33. The summed E-state index contributed by atoms with van der Waals surface area (Å²) < 4.78 is 12.1. The van der Waals surface area contributed by atoms with Crippen molar-refractivity contribution in [1.29, 1.82) is 0 Å². The lowest BCUT2D eigenvalue weighted by Crippen LogP contribution is -2.71. The summed E-state index contributed by atoms with van der Waals surface area (Å²) in [6.45, 7) is 0.279. The Morgan fingerprint density at radius 3 is 2.97 bits per heavy atom. The summed E-state index contributed by atoms with van der Waals surface area (Å²) in [5.41, 5.74) is 6.46.